The number of hydrogen-bond acceptors (Lipinski definition) is 6. The minimum absolute atomic E-state index is 0.0775. The molecule has 1 aromatic heterocycles. The molecule has 1 unspecified atom stereocenters. The SMILES string of the molecule is O=c1ccn([C@@H]2O[C@H](CO)[C@H](O)C2O)c(=O)n1Cc1ccccc1. The van der Waals surface area contributed by atoms with Crippen LogP contribution in [0.5, 0.6) is 0 Å². The molecule has 0 spiro atoms. The Morgan fingerprint density at radius 3 is 2.38 bits per heavy atom. The summed E-state index contributed by atoms with van der Waals surface area (Å²) in [6.45, 7) is -0.415. The molecule has 2 aromatic rings. The molecule has 2 heterocycles. The Hall–Kier alpha value is -2.26. The summed E-state index contributed by atoms with van der Waals surface area (Å²) in [6.07, 6.45) is -3.66. The van der Waals surface area contributed by atoms with E-state index in [0.717, 1.165) is 14.7 Å². The lowest BCUT2D eigenvalue weighted by atomic mass is 10.1. The molecule has 1 aliphatic heterocycles. The fourth-order valence-electron chi connectivity index (χ4n) is 2.75. The molecule has 4 atom stereocenters. The van der Waals surface area contributed by atoms with Crippen molar-refractivity contribution >= 4 is 0 Å². The van der Waals surface area contributed by atoms with E-state index >= 15 is 0 Å². The predicted molar refractivity (Wildman–Crippen MR) is 83.5 cm³/mol. The highest BCUT2D eigenvalue weighted by Crippen LogP contribution is 2.27. The Balaban J connectivity index is 1.98. The third kappa shape index (κ3) is 2.92. The second-order valence-electron chi connectivity index (χ2n) is 5.64. The normalized spacial score (nSPS) is 26.6. The van der Waals surface area contributed by atoms with E-state index < -0.39 is 42.4 Å². The van der Waals surface area contributed by atoms with Crippen molar-refractivity contribution in [1.82, 2.24) is 9.13 Å². The molecule has 1 aromatic carbocycles. The van der Waals surface area contributed by atoms with Gasteiger partial charge in [0.25, 0.3) is 5.56 Å². The van der Waals surface area contributed by atoms with Gasteiger partial charge in [-0.1, -0.05) is 30.3 Å². The molecule has 3 rings (SSSR count). The number of aromatic nitrogens is 2. The van der Waals surface area contributed by atoms with Crippen LogP contribution in [0.25, 0.3) is 0 Å². The van der Waals surface area contributed by atoms with Crippen LogP contribution in [-0.2, 0) is 11.3 Å². The lowest BCUT2D eigenvalue weighted by molar-refractivity contribution is -0.0555. The minimum atomic E-state index is -1.39. The zero-order valence-electron chi connectivity index (χ0n) is 12.7. The van der Waals surface area contributed by atoms with Crippen molar-refractivity contribution in [2.75, 3.05) is 6.61 Å². The lowest BCUT2D eigenvalue weighted by Crippen LogP contribution is -2.43. The van der Waals surface area contributed by atoms with Crippen LogP contribution >= 0.6 is 0 Å². The van der Waals surface area contributed by atoms with E-state index in [9.17, 15) is 19.8 Å². The van der Waals surface area contributed by atoms with Crippen LogP contribution < -0.4 is 11.2 Å². The van der Waals surface area contributed by atoms with Gasteiger partial charge in [-0.3, -0.25) is 13.9 Å². The van der Waals surface area contributed by atoms with Crippen LogP contribution in [0.2, 0.25) is 0 Å². The summed E-state index contributed by atoms with van der Waals surface area (Å²) in [5.41, 5.74) is -0.372. The zero-order valence-corrected chi connectivity index (χ0v) is 12.7. The van der Waals surface area contributed by atoms with Gasteiger partial charge >= 0.3 is 5.69 Å². The summed E-state index contributed by atoms with van der Waals surface area (Å²) >= 11 is 0. The first-order valence-corrected chi connectivity index (χ1v) is 7.51. The molecule has 128 valence electrons. The molecule has 1 fully saturated rings. The fraction of sp³-hybridized carbons (Fsp3) is 0.375. The highest BCUT2D eigenvalue weighted by molar-refractivity contribution is 5.15. The van der Waals surface area contributed by atoms with Crippen molar-refractivity contribution in [2.45, 2.75) is 31.1 Å². The average Bonchev–Trinajstić information content (AvgIpc) is 2.88. The van der Waals surface area contributed by atoms with Crippen LogP contribution in [0.3, 0.4) is 0 Å². The van der Waals surface area contributed by atoms with Crippen LogP contribution in [0.1, 0.15) is 11.8 Å². The molecule has 3 N–H and O–H groups in total. The molecule has 1 saturated heterocycles. The Kier molecular flexibility index (Phi) is 4.63. The lowest BCUT2D eigenvalue weighted by Gasteiger charge is -2.18. The van der Waals surface area contributed by atoms with Crippen molar-refractivity contribution in [3.8, 4) is 0 Å². The number of benzene rings is 1. The first-order valence-electron chi connectivity index (χ1n) is 7.51. The van der Waals surface area contributed by atoms with Gasteiger partial charge in [0.2, 0.25) is 0 Å². The maximum Gasteiger partial charge on any atom is 0.333 e. The largest absolute Gasteiger partial charge is 0.394 e. The Bertz CT molecular complexity index is 815. The molecule has 0 saturated carbocycles. The molecule has 1 aliphatic rings. The van der Waals surface area contributed by atoms with Gasteiger partial charge in [-0.25, -0.2) is 4.79 Å². The number of aliphatic hydroxyl groups excluding tert-OH is 3. The molecule has 0 amide bonds. The van der Waals surface area contributed by atoms with Gasteiger partial charge in [0.05, 0.1) is 13.2 Å². The first-order chi connectivity index (χ1) is 11.5. The number of ether oxygens (including phenoxy) is 1. The van der Waals surface area contributed by atoms with E-state index in [-0.39, 0.29) is 6.54 Å². The maximum absolute atomic E-state index is 12.6. The Morgan fingerprint density at radius 2 is 1.75 bits per heavy atom. The summed E-state index contributed by atoms with van der Waals surface area (Å²) in [5, 5.41) is 29.0. The first kappa shape index (κ1) is 16.6. The molecular formula is C16H18N2O6. The Labute approximate surface area is 136 Å². The van der Waals surface area contributed by atoms with Gasteiger partial charge in [-0.05, 0) is 5.56 Å². The standard InChI is InChI=1S/C16H18N2O6/c19-9-11-13(21)14(22)15(24-11)17-7-6-12(20)18(16(17)23)8-10-4-2-1-3-5-10/h1-7,11,13-15,19,21-22H,8-9H2/t11-,13+,14?,15-/m1/s1. The van der Waals surface area contributed by atoms with Gasteiger partial charge < -0.3 is 20.1 Å². The van der Waals surface area contributed by atoms with Crippen molar-refractivity contribution in [3.63, 3.8) is 0 Å². The number of nitrogens with zero attached hydrogens (tertiary/aromatic N) is 2. The molecule has 24 heavy (non-hydrogen) atoms. The second kappa shape index (κ2) is 6.70. The molecule has 0 bridgehead atoms. The summed E-state index contributed by atoms with van der Waals surface area (Å²) in [5.74, 6) is 0. The van der Waals surface area contributed by atoms with Gasteiger partial charge in [-0.2, -0.15) is 0 Å². The van der Waals surface area contributed by atoms with Crippen LogP contribution in [-0.4, -0.2) is 49.4 Å². The summed E-state index contributed by atoms with van der Waals surface area (Å²) in [7, 11) is 0. The molecule has 8 nitrogen and oxygen atoms in total. The van der Waals surface area contributed by atoms with E-state index in [1.54, 1.807) is 24.3 Å². The molecular weight excluding hydrogens is 316 g/mol. The van der Waals surface area contributed by atoms with Gasteiger partial charge in [0.15, 0.2) is 6.23 Å². The molecule has 0 aliphatic carbocycles. The number of aliphatic hydroxyl groups is 3. The molecule has 8 heteroatoms. The van der Waals surface area contributed by atoms with Crippen molar-refractivity contribution in [1.29, 1.82) is 0 Å². The van der Waals surface area contributed by atoms with Crippen LogP contribution in [0.4, 0.5) is 0 Å². The second-order valence-corrected chi connectivity index (χ2v) is 5.64. The van der Waals surface area contributed by atoms with E-state index in [0.29, 0.717) is 0 Å². The van der Waals surface area contributed by atoms with E-state index in [2.05, 4.69) is 0 Å². The van der Waals surface area contributed by atoms with Gasteiger partial charge in [-0.15, -0.1) is 0 Å². The zero-order chi connectivity index (χ0) is 17.3. The minimum Gasteiger partial charge on any atom is -0.394 e. The monoisotopic (exact) mass is 334 g/mol. The summed E-state index contributed by atoms with van der Waals surface area (Å²) in [6, 6.07) is 10.2. The van der Waals surface area contributed by atoms with Crippen LogP contribution in [0, 0.1) is 0 Å². The topological polar surface area (TPSA) is 114 Å². The van der Waals surface area contributed by atoms with Crippen molar-refractivity contribution < 1.29 is 20.1 Å². The third-order valence-corrected chi connectivity index (χ3v) is 4.07. The smallest absolute Gasteiger partial charge is 0.333 e. The predicted octanol–water partition coefficient (Wildman–Crippen LogP) is -1.33. The van der Waals surface area contributed by atoms with E-state index in [1.807, 2.05) is 6.07 Å². The number of rotatable bonds is 4. The van der Waals surface area contributed by atoms with E-state index in [4.69, 9.17) is 9.84 Å². The average molecular weight is 334 g/mol. The van der Waals surface area contributed by atoms with Crippen molar-refractivity contribution in [3.05, 3.63) is 69.0 Å². The maximum atomic E-state index is 12.6. The number of hydrogen-bond donors (Lipinski definition) is 3. The molecule has 0 radical (unpaired) electrons. The quantitative estimate of drug-likeness (QED) is 0.638. The Morgan fingerprint density at radius 1 is 1.04 bits per heavy atom. The van der Waals surface area contributed by atoms with Gasteiger partial charge in [0, 0.05) is 12.3 Å². The van der Waals surface area contributed by atoms with E-state index in [1.165, 1.54) is 12.3 Å². The highest BCUT2D eigenvalue weighted by atomic mass is 16.6. The highest BCUT2D eigenvalue weighted by Gasteiger charge is 2.43. The van der Waals surface area contributed by atoms with Crippen molar-refractivity contribution in [2.24, 2.45) is 0 Å². The van der Waals surface area contributed by atoms with Crippen LogP contribution in [0.15, 0.2) is 52.2 Å². The fourth-order valence-corrected chi connectivity index (χ4v) is 2.75. The third-order valence-electron chi connectivity index (χ3n) is 4.07. The summed E-state index contributed by atoms with van der Waals surface area (Å²) in [4.78, 5) is 24.7. The summed E-state index contributed by atoms with van der Waals surface area (Å²) < 4.78 is 7.41. The van der Waals surface area contributed by atoms with Gasteiger partial charge in [0.1, 0.15) is 18.3 Å².